The fraction of sp³-hybridized carbons (Fsp3) is 1.00. The molecule has 0 saturated carbocycles. The van der Waals surface area contributed by atoms with E-state index in [0.717, 1.165) is 39.6 Å². The summed E-state index contributed by atoms with van der Waals surface area (Å²) in [4.78, 5) is 0. The molecule has 90 valence electrons. The Hall–Kier alpha value is -0.120. The minimum atomic E-state index is 1.00. The lowest BCUT2D eigenvalue weighted by Crippen LogP contribution is -2.09. The van der Waals surface area contributed by atoms with Crippen LogP contribution in [0, 0.1) is 0 Å². The molecule has 0 radical (unpaired) electrons. The van der Waals surface area contributed by atoms with Gasteiger partial charge in [0, 0.05) is 39.6 Å². The summed E-state index contributed by atoms with van der Waals surface area (Å²) in [5.41, 5.74) is 0. The summed E-state index contributed by atoms with van der Waals surface area (Å²) in [5.74, 6) is 0. The Morgan fingerprint density at radius 2 is 0.667 bits per heavy atom. The van der Waals surface area contributed by atoms with E-state index < -0.39 is 0 Å². The Balaban J connectivity index is 0.000000115. The largest absolute Gasteiger partial charge is 0.381 e. The van der Waals surface area contributed by atoms with Gasteiger partial charge in [0.1, 0.15) is 0 Å². The molecule has 0 amide bonds. The van der Waals surface area contributed by atoms with Crippen molar-refractivity contribution in [3.8, 4) is 0 Å². The molecule has 0 aliphatic carbocycles. The predicted octanol–water partition coefficient (Wildman–Crippen LogP) is 2.39. The van der Waals surface area contributed by atoms with Crippen molar-refractivity contribution in [2.24, 2.45) is 0 Å². The van der Waals surface area contributed by atoms with Crippen molar-refractivity contribution in [3.05, 3.63) is 0 Å². The van der Waals surface area contributed by atoms with Crippen molar-refractivity contribution in [3.63, 3.8) is 0 Å². The van der Waals surface area contributed by atoms with Crippen LogP contribution in [0.25, 0.3) is 0 Å². The van der Waals surface area contributed by atoms with Crippen molar-refractivity contribution in [1.82, 2.24) is 0 Å². The number of rotatable bonds is 0. The molecular formula is C12H24O3. The van der Waals surface area contributed by atoms with Crippen molar-refractivity contribution in [2.75, 3.05) is 39.6 Å². The second kappa shape index (κ2) is 10.4. The molecule has 0 aromatic rings. The normalized spacial score (nSPS) is 24.0. The van der Waals surface area contributed by atoms with E-state index in [1.54, 1.807) is 0 Å². The highest BCUT2D eigenvalue weighted by molar-refractivity contribution is 4.45. The summed E-state index contributed by atoms with van der Waals surface area (Å²) in [6.45, 7) is 6.00. The first-order chi connectivity index (χ1) is 7.50. The molecule has 0 spiro atoms. The maximum Gasteiger partial charge on any atom is 0.0488 e. The maximum atomic E-state index is 5.07. The highest BCUT2D eigenvalue weighted by atomic mass is 16.5. The van der Waals surface area contributed by atoms with E-state index in [1.165, 1.54) is 38.5 Å². The Morgan fingerprint density at radius 3 is 0.800 bits per heavy atom. The highest BCUT2D eigenvalue weighted by Gasteiger charge is 1.95. The fourth-order valence-corrected chi connectivity index (χ4v) is 1.34. The van der Waals surface area contributed by atoms with Gasteiger partial charge in [0.2, 0.25) is 0 Å². The van der Waals surface area contributed by atoms with Gasteiger partial charge in [-0.15, -0.1) is 0 Å². The first kappa shape index (κ1) is 12.9. The third kappa shape index (κ3) is 8.85. The van der Waals surface area contributed by atoms with E-state index in [4.69, 9.17) is 14.2 Å². The Kier molecular flexibility index (Phi) is 8.98. The summed E-state index contributed by atoms with van der Waals surface area (Å²) in [6.07, 6.45) is 7.76. The molecule has 0 atom stereocenters. The van der Waals surface area contributed by atoms with Crippen LogP contribution in [0.2, 0.25) is 0 Å². The first-order valence-electron chi connectivity index (χ1n) is 6.23. The van der Waals surface area contributed by atoms with Crippen molar-refractivity contribution in [2.45, 2.75) is 38.5 Å². The number of hydrogen-bond acceptors (Lipinski definition) is 3. The molecule has 3 saturated heterocycles. The molecule has 3 heteroatoms. The van der Waals surface area contributed by atoms with Crippen molar-refractivity contribution < 1.29 is 14.2 Å². The zero-order valence-electron chi connectivity index (χ0n) is 9.71. The Bertz CT molecular complexity index is 92.9. The summed E-state index contributed by atoms with van der Waals surface area (Å²) in [6, 6.07) is 0. The van der Waals surface area contributed by atoms with Gasteiger partial charge in [-0.05, 0) is 38.5 Å². The van der Waals surface area contributed by atoms with Gasteiger partial charge in [0.25, 0.3) is 0 Å². The smallest absolute Gasteiger partial charge is 0.0488 e. The Labute approximate surface area is 93.1 Å². The van der Waals surface area contributed by atoms with Gasteiger partial charge in [-0.1, -0.05) is 0 Å². The molecule has 3 rings (SSSR count). The van der Waals surface area contributed by atoms with E-state index in [9.17, 15) is 0 Å². The van der Waals surface area contributed by atoms with Crippen LogP contribution in [0.15, 0.2) is 0 Å². The lowest BCUT2D eigenvalue weighted by Gasteiger charge is -2.09. The molecule has 0 N–H and O–H groups in total. The zero-order chi connectivity index (χ0) is 10.6. The van der Waals surface area contributed by atoms with Crippen molar-refractivity contribution in [1.29, 1.82) is 0 Å². The van der Waals surface area contributed by atoms with Gasteiger partial charge in [0.15, 0.2) is 0 Å². The van der Waals surface area contributed by atoms with E-state index >= 15 is 0 Å². The first-order valence-corrected chi connectivity index (χ1v) is 6.23. The van der Waals surface area contributed by atoms with Crippen LogP contribution in [0.5, 0.6) is 0 Å². The highest BCUT2D eigenvalue weighted by Crippen LogP contribution is 2.02. The molecule has 15 heavy (non-hydrogen) atoms. The monoisotopic (exact) mass is 216 g/mol. The SMILES string of the molecule is C1CCOC1.C1CCOCC1.C1COC1. The van der Waals surface area contributed by atoms with Gasteiger partial charge in [-0.2, -0.15) is 0 Å². The molecular weight excluding hydrogens is 192 g/mol. The van der Waals surface area contributed by atoms with Gasteiger partial charge >= 0.3 is 0 Å². The molecule has 0 aromatic heterocycles. The van der Waals surface area contributed by atoms with Gasteiger partial charge in [0.05, 0.1) is 0 Å². The minimum Gasteiger partial charge on any atom is -0.381 e. The maximum absolute atomic E-state index is 5.07. The van der Waals surface area contributed by atoms with Crippen LogP contribution in [0.1, 0.15) is 38.5 Å². The second-order valence-corrected chi connectivity index (χ2v) is 3.96. The van der Waals surface area contributed by atoms with Crippen LogP contribution in [-0.2, 0) is 14.2 Å². The molecule has 0 aromatic carbocycles. The summed E-state index contributed by atoms with van der Waals surface area (Å²) >= 11 is 0. The topological polar surface area (TPSA) is 27.7 Å². The molecule has 3 nitrogen and oxygen atoms in total. The minimum absolute atomic E-state index is 1.00. The fourth-order valence-electron chi connectivity index (χ4n) is 1.34. The average Bonchev–Trinajstić information content (AvgIpc) is 2.75. The van der Waals surface area contributed by atoms with Crippen molar-refractivity contribution >= 4 is 0 Å². The third-order valence-electron chi connectivity index (χ3n) is 2.48. The lowest BCUT2D eigenvalue weighted by molar-refractivity contribution is 0.0367. The van der Waals surface area contributed by atoms with E-state index in [1.807, 2.05) is 0 Å². The zero-order valence-corrected chi connectivity index (χ0v) is 9.71. The predicted molar refractivity (Wildman–Crippen MR) is 60.2 cm³/mol. The number of ether oxygens (including phenoxy) is 3. The standard InChI is InChI=1S/C5H10O.C4H8O.C3H6O/c1-2-4-6-5-3-1;1-2-4-5-3-1;1-2-4-3-1/h1-5H2;1-4H2;1-3H2. The lowest BCUT2D eigenvalue weighted by atomic mass is 10.2. The Morgan fingerprint density at radius 1 is 0.333 bits per heavy atom. The number of hydrogen-bond donors (Lipinski definition) is 0. The second-order valence-electron chi connectivity index (χ2n) is 3.96. The van der Waals surface area contributed by atoms with Crippen LogP contribution in [0.4, 0.5) is 0 Å². The molecule has 0 bridgehead atoms. The average molecular weight is 216 g/mol. The van der Waals surface area contributed by atoms with Gasteiger partial charge < -0.3 is 14.2 Å². The third-order valence-corrected chi connectivity index (χ3v) is 2.48. The van der Waals surface area contributed by atoms with Crippen LogP contribution < -0.4 is 0 Å². The van der Waals surface area contributed by atoms with E-state index in [0.29, 0.717) is 0 Å². The summed E-state index contributed by atoms with van der Waals surface area (Å²) < 4.78 is 14.7. The van der Waals surface area contributed by atoms with Crippen LogP contribution >= 0.6 is 0 Å². The molecule has 0 unspecified atom stereocenters. The van der Waals surface area contributed by atoms with Crippen LogP contribution in [-0.4, -0.2) is 39.6 Å². The molecule has 3 aliphatic rings. The van der Waals surface area contributed by atoms with Gasteiger partial charge in [-0.25, -0.2) is 0 Å². The van der Waals surface area contributed by atoms with E-state index in [2.05, 4.69) is 0 Å². The molecule has 3 aliphatic heterocycles. The quantitative estimate of drug-likeness (QED) is 0.622. The molecule has 3 heterocycles. The summed E-state index contributed by atoms with van der Waals surface area (Å²) in [7, 11) is 0. The van der Waals surface area contributed by atoms with Crippen LogP contribution in [0.3, 0.4) is 0 Å². The summed E-state index contributed by atoms with van der Waals surface area (Å²) in [5, 5.41) is 0. The van der Waals surface area contributed by atoms with Gasteiger partial charge in [-0.3, -0.25) is 0 Å². The molecule has 3 fully saturated rings. The van der Waals surface area contributed by atoms with E-state index in [-0.39, 0.29) is 0 Å².